The molecular formula is C16H20N2O3. The summed E-state index contributed by atoms with van der Waals surface area (Å²) >= 11 is 0. The number of carboxylic acids is 1. The van der Waals surface area contributed by atoms with Gasteiger partial charge >= 0.3 is 12.0 Å². The van der Waals surface area contributed by atoms with Gasteiger partial charge in [0.15, 0.2) is 0 Å². The first-order valence-corrected chi connectivity index (χ1v) is 7.08. The lowest BCUT2D eigenvalue weighted by atomic mass is 9.97. The van der Waals surface area contributed by atoms with Crippen molar-refractivity contribution in [2.75, 3.05) is 13.1 Å². The monoisotopic (exact) mass is 288 g/mol. The van der Waals surface area contributed by atoms with Crippen molar-refractivity contribution < 1.29 is 14.7 Å². The molecule has 112 valence electrons. The lowest BCUT2D eigenvalue weighted by molar-refractivity contribution is -0.143. The third-order valence-corrected chi connectivity index (χ3v) is 3.79. The average molecular weight is 288 g/mol. The molecule has 1 fully saturated rings. The summed E-state index contributed by atoms with van der Waals surface area (Å²) in [6.45, 7) is 2.99. The summed E-state index contributed by atoms with van der Waals surface area (Å²) in [4.78, 5) is 24.5. The molecule has 1 heterocycles. The van der Waals surface area contributed by atoms with Gasteiger partial charge < -0.3 is 15.3 Å². The van der Waals surface area contributed by atoms with Crippen molar-refractivity contribution in [1.29, 1.82) is 0 Å². The molecule has 1 aromatic carbocycles. The number of urea groups is 1. The molecule has 1 aliphatic rings. The molecule has 0 bridgehead atoms. The van der Waals surface area contributed by atoms with Gasteiger partial charge in [-0.2, -0.15) is 0 Å². The van der Waals surface area contributed by atoms with Crippen LogP contribution in [0.4, 0.5) is 4.79 Å². The molecule has 0 unspecified atom stereocenters. The van der Waals surface area contributed by atoms with E-state index in [1.165, 1.54) is 0 Å². The van der Waals surface area contributed by atoms with E-state index < -0.39 is 5.97 Å². The standard InChI is InChI=1S/C16H20N2O3/c1-12-4-2-3-5-13(12)6-9-17-16(21)18-10-7-14(8-11-18)15(19)20/h2-6,9,14H,7-8,10-11H2,1H3,(H,17,21)(H,19,20)/b9-6+. The molecule has 0 atom stereocenters. The van der Waals surface area contributed by atoms with E-state index >= 15 is 0 Å². The van der Waals surface area contributed by atoms with Gasteiger partial charge in [-0.15, -0.1) is 0 Å². The molecule has 21 heavy (non-hydrogen) atoms. The van der Waals surface area contributed by atoms with Crippen LogP contribution in [0.3, 0.4) is 0 Å². The molecule has 0 aliphatic carbocycles. The molecule has 0 spiro atoms. The Kier molecular flexibility index (Phi) is 4.98. The third-order valence-electron chi connectivity index (χ3n) is 3.79. The second kappa shape index (κ2) is 6.92. The van der Waals surface area contributed by atoms with Gasteiger partial charge in [-0.05, 0) is 37.0 Å². The highest BCUT2D eigenvalue weighted by molar-refractivity contribution is 5.77. The Bertz CT molecular complexity index is 546. The van der Waals surface area contributed by atoms with Crippen molar-refractivity contribution in [3.8, 4) is 0 Å². The first-order valence-electron chi connectivity index (χ1n) is 7.08. The minimum Gasteiger partial charge on any atom is -0.481 e. The first kappa shape index (κ1) is 15.1. The number of hydrogen-bond donors (Lipinski definition) is 2. The number of rotatable bonds is 3. The van der Waals surface area contributed by atoms with E-state index in [0.29, 0.717) is 25.9 Å². The van der Waals surface area contributed by atoms with Gasteiger partial charge in [0.05, 0.1) is 5.92 Å². The Hall–Kier alpha value is -2.30. The Labute approximate surface area is 124 Å². The number of nitrogens with one attached hydrogen (secondary N) is 1. The summed E-state index contributed by atoms with van der Waals surface area (Å²) in [7, 11) is 0. The van der Waals surface area contributed by atoms with Crippen molar-refractivity contribution in [3.63, 3.8) is 0 Å². The van der Waals surface area contributed by atoms with Gasteiger partial charge in [-0.3, -0.25) is 4.79 Å². The third kappa shape index (κ3) is 4.08. The molecule has 0 aromatic heterocycles. The van der Waals surface area contributed by atoms with Crippen molar-refractivity contribution in [2.24, 2.45) is 5.92 Å². The summed E-state index contributed by atoms with van der Waals surface area (Å²) in [6.07, 6.45) is 4.53. The topological polar surface area (TPSA) is 69.6 Å². The van der Waals surface area contributed by atoms with Crippen LogP contribution in [0.2, 0.25) is 0 Å². The number of nitrogens with zero attached hydrogens (tertiary/aromatic N) is 1. The van der Waals surface area contributed by atoms with Crippen LogP contribution in [0.25, 0.3) is 6.08 Å². The molecule has 2 N–H and O–H groups in total. The second-order valence-corrected chi connectivity index (χ2v) is 5.24. The lowest BCUT2D eigenvalue weighted by Gasteiger charge is -2.29. The zero-order chi connectivity index (χ0) is 15.2. The molecular weight excluding hydrogens is 268 g/mol. The molecule has 1 aliphatic heterocycles. The van der Waals surface area contributed by atoms with Gasteiger partial charge in [0.2, 0.25) is 0 Å². The van der Waals surface area contributed by atoms with Crippen LogP contribution in [-0.2, 0) is 4.79 Å². The Balaban J connectivity index is 1.83. The van der Waals surface area contributed by atoms with Gasteiger partial charge in [0.25, 0.3) is 0 Å². The van der Waals surface area contributed by atoms with Crippen molar-refractivity contribution in [2.45, 2.75) is 19.8 Å². The van der Waals surface area contributed by atoms with Crippen LogP contribution in [0.5, 0.6) is 0 Å². The molecule has 5 nitrogen and oxygen atoms in total. The lowest BCUT2D eigenvalue weighted by Crippen LogP contribution is -2.44. The predicted molar refractivity (Wildman–Crippen MR) is 80.7 cm³/mol. The van der Waals surface area contributed by atoms with Gasteiger partial charge in [-0.1, -0.05) is 24.3 Å². The molecule has 2 amide bonds. The van der Waals surface area contributed by atoms with E-state index in [1.807, 2.05) is 37.3 Å². The molecule has 1 aromatic rings. The SMILES string of the molecule is Cc1ccccc1/C=C/NC(=O)N1CCC(C(=O)O)CC1. The maximum atomic E-state index is 12.0. The van der Waals surface area contributed by atoms with Gasteiger partial charge in [-0.25, -0.2) is 4.79 Å². The number of amides is 2. The van der Waals surface area contributed by atoms with Crippen LogP contribution in [0.1, 0.15) is 24.0 Å². The Morgan fingerprint density at radius 2 is 1.95 bits per heavy atom. The molecule has 0 saturated carbocycles. The number of piperidine rings is 1. The zero-order valence-electron chi connectivity index (χ0n) is 12.1. The summed E-state index contributed by atoms with van der Waals surface area (Å²) in [5.74, 6) is -1.09. The van der Waals surface area contributed by atoms with Crippen LogP contribution in [-0.4, -0.2) is 35.1 Å². The highest BCUT2D eigenvalue weighted by Crippen LogP contribution is 2.17. The summed E-state index contributed by atoms with van der Waals surface area (Å²) in [5.41, 5.74) is 2.20. The largest absolute Gasteiger partial charge is 0.481 e. The average Bonchev–Trinajstić information content (AvgIpc) is 2.49. The number of aliphatic carboxylic acids is 1. The van der Waals surface area contributed by atoms with E-state index in [-0.39, 0.29) is 11.9 Å². The van der Waals surface area contributed by atoms with Crippen LogP contribution < -0.4 is 5.32 Å². The Morgan fingerprint density at radius 1 is 1.29 bits per heavy atom. The van der Waals surface area contributed by atoms with Crippen molar-refractivity contribution in [3.05, 3.63) is 41.6 Å². The van der Waals surface area contributed by atoms with E-state index in [0.717, 1.165) is 11.1 Å². The van der Waals surface area contributed by atoms with Crippen LogP contribution >= 0.6 is 0 Å². The quantitative estimate of drug-likeness (QED) is 0.897. The highest BCUT2D eigenvalue weighted by Gasteiger charge is 2.26. The number of carbonyl (C=O) groups excluding carboxylic acids is 1. The van der Waals surface area contributed by atoms with Gasteiger partial charge in [0, 0.05) is 19.3 Å². The van der Waals surface area contributed by atoms with E-state index in [4.69, 9.17) is 5.11 Å². The van der Waals surface area contributed by atoms with Crippen molar-refractivity contribution >= 4 is 18.1 Å². The van der Waals surface area contributed by atoms with Crippen LogP contribution in [0.15, 0.2) is 30.5 Å². The van der Waals surface area contributed by atoms with E-state index in [2.05, 4.69) is 5.32 Å². The summed E-state index contributed by atoms with van der Waals surface area (Å²) in [6, 6.07) is 7.74. The number of likely N-dealkylation sites (tertiary alicyclic amines) is 1. The minimum atomic E-state index is -0.769. The van der Waals surface area contributed by atoms with Crippen LogP contribution in [0, 0.1) is 12.8 Å². The first-order chi connectivity index (χ1) is 10.1. The summed E-state index contributed by atoms with van der Waals surface area (Å²) in [5, 5.41) is 11.7. The number of carboxylic acid groups (broad SMARTS) is 1. The zero-order valence-corrected chi connectivity index (χ0v) is 12.1. The number of aryl methyl sites for hydroxylation is 1. The smallest absolute Gasteiger partial charge is 0.321 e. The second-order valence-electron chi connectivity index (χ2n) is 5.24. The maximum absolute atomic E-state index is 12.0. The molecule has 0 radical (unpaired) electrons. The number of hydrogen-bond acceptors (Lipinski definition) is 2. The molecule has 1 saturated heterocycles. The predicted octanol–water partition coefficient (Wildman–Crippen LogP) is 2.47. The minimum absolute atomic E-state index is 0.177. The van der Waals surface area contributed by atoms with E-state index in [9.17, 15) is 9.59 Å². The summed E-state index contributed by atoms with van der Waals surface area (Å²) < 4.78 is 0. The fraction of sp³-hybridized carbons (Fsp3) is 0.375. The highest BCUT2D eigenvalue weighted by atomic mass is 16.4. The molecule has 5 heteroatoms. The molecule has 2 rings (SSSR count). The number of benzene rings is 1. The number of carbonyl (C=O) groups is 2. The Morgan fingerprint density at radius 3 is 2.57 bits per heavy atom. The fourth-order valence-corrected chi connectivity index (χ4v) is 2.40. The maximum Gasteiger partial charge on any atom is 0.321 e. The van der Waals surface area contributed by atoms with Gasteiger partial charge in [0.1, 0.15) is 0 Å². The van der Waals surface area contributed by atoms with Crippen molar-refractivity contribution in [1.82, 2.24) is 10.2 Å². The normalized spacial score (nSPS) is 16.1. The van der Waals surface area contributed by atoms with E-state index in [1.54, 1.807) is 11.1 Å². The fourth-order valence-electron chi connectivity index (χ4n) is 2.40.